The molecule has 0 aromatic heterocycles. The Morgan fingerprint density at radius 2 is 2.64 bits per heavy atom. The summed E-state index contributed by atoms with van der Waals surface area (Å²) < 4.78 is 0. The van der Waals surface area contributed by atoms with Gasteiger partial charge >= 0.3 is 0 Å². The van der Waals surface area contributed by atoms with E-state index in [2.05, 4.69) is 15.6 Å². The first kappa shape index (κ1) is 8.00. The van der Waals surface area contributed by atoms with Gasteiger partial charge in [0.05, 0.1) is 12.6 Å². The molecule has 0 saturated heterocycles. The lowest BCUT2D eigenvalue weighted by Gasteiger charge is -2.18. The first-order valence-corrected chi connectivity index (χ1v) is 3.42. The molecule has 0 fully saturated rings. The second-order valence-electron chi connectivity index (χ2n) is 2.41. The van der Waals surface area contributed by atoms with Crippen LogP contribution < -0.4 is 10.6 Å². The fourth-order valence-electron chi connectivity index (χ4n) is 0.782. The van der Waals surface area contributed by atoms with Crippen molar-refractivity contribution in [3.63, 3.8) is 0 Å². The standard InChI is InChI=1S/C6H11N3O2/c1-4(10)9-6-7-2-5(11)3-8-6/h5,11H,2-3H2,1H3,(H2,7,8,9,10). The van der Waals surface area contributed by atoms with E-state index in [1.54, 1.807) is 0 Å². The molecule has 1 aliphatic rings. The van der Waals surface area contributed by atoms with Gasteiger partial charge in [-0.1, -0.05) is 0 Å². The maximum atomic E-state index is 10.5. The second kappa shape index (κ2) is 3.34. The van der Waals surface area contributed by atoms with Gasteiger partial charge in [0.2, 0.25) is 5.91 Å². The smallest absolute Gasteiger partial charge is 0.223 e. The van der Waals surface area contributed by atoms with Gasteiger partial charge in [0, 0.05) is 13.5 Å². The number of nitrogens with zero attached hydrogens (tertiary/aromatic N) is 1. The average Bonchev–Trinajstić information content (AvgIpc) is 1.93. The molecule has 1 amide bonds. The molecule has 62 valence electrons. The Morgan fingerprint density at radius 1 is 1.91 bits per heavy atom. The van der Waals surface area contributed by atoms with E-state index in [-0.39, 0.29) is 5.91 Å². The van der Waals surface area contributed by atoms with Crippen LogP contribution in [0, 0.1) is 0 Å². The summed E-state index contributed by atoms with van der Waals surface area (Å²) in [5.41, 5.74) is 0. The van der Waals surface area contributed by atoms with Crippen LogP contribution in [0.2, 0.25) is 0 Å². The van der Waals surface area contributed by atoms with Gasteiger partial charge in [0.25, 0.3) is 0 Å². The minimum Gasteiger partial charge on any atom is -0.389 e. The van der Waals surface area contributed by atoms with E-state index in [9.17, 15) is 4.79 Å². The number of hydrogen-bond donors (Lipinski definition) is 3. The Kier molecular flexibility index (Phi) is 2.43. The fourth-order valence-corrected chi connectivity index (χ4v) is 0.782. The first-order valence-electron chi connectivity index (χ1n) is 3.42. The number of amides is 1. The fraction of sp³-hybridized carbons (Fsp3) is 0.667. The molecule has 1 heterocycles. The normalized spacial score (nSPS) is 23.5. The third-order valence-electron chi connectivity index (χ3n) is 1.26. The molecule has 5 nitrogen and oxygen atoms in total. The number of guanidine groups is 1. The highest BCUT2D eigenvalue weighted by atomic mass is 16.3. The summed E-state index contributed by atoms with van der Waals surface area (Å²) in [6.45, 7) is 2.21. The lowest BCUT2D eigenvalue weighted by atomic mass is 10.3. The Hall–Kier alpha value is -1.10. The molecule has 0 aromatic carbocycles. The van der Waals surface area contributed by atoms with Crippen molar-refractivity contribution in [2.45, 2.75) is 13.0 Å². The zero-order valence-corrected chi connectivity index (χ0v) is 6.29. The molecule has 0 bridgehead atoms. The maximum Gasteiger partial charge on any atom is 0.223 e. The van der Waals surface area contributed by atoms with Gasteiger partial charge in [-0.05, 0) is 0 Å². The third kappa shape index (κ3) is 2.55. The third-order valence-corrected chi connectivity index (χ3v) is 1.26. The average molecular weight is 157 g/mol. The molecule has 11 heavy (non-hydrogen) atoms. The molecule has 0 radical (unpaired) electrons. The van der Waals surface area contributed by atoms with Crippen LogP contribution in [-0.4, -0.2) is 36.2 Å². The molecular weight excluding hydrogens is 146 g/mol. The summed E-state index contributed by atoms with van der Waals surface area (Å²) in [4.78, 5) is 14.4. The summed E-state index contributed by atoms with van der Waals surface area (Å²) in [6, 6.07) is 0. The number of aliphatic hydroxyl groups excluding tert-OH is 1. The van der Waals surface area contributed by atoms with Crippen LogP contribution in [0.4, 0.5) is 0 Å². The topological polar surface area (TPSA) is 73.7 Å². The number of carbonyl (C=O) groups excluding carboxylic acids is 1. The van der Waals surface area contributed by atoms with Crippen LogP contribution in [0.25, 0.3) is 0 Å². The van der Waals surface area contributed by atoms with Gasteiger partial charge in [-0.25, -0.2) is 0 Å². The predicted octanol–water partition coefficient (Wildman–Crippen LogP) is -1.56. The van der Waals surface area contributed by atoms with Gasteiger partial charge in [-0.15, -0.1) is 0 Å². The minimum absolute atomic E-state index is 0.160. The van der Waals surface area contributed by atoms with Crippen LogP contribution in [-0.2, 0) is 4.79 Å². The van der Waals surface area contributed by atoms with Gasteiger partial charge in [0.15, 0.2) is 5.96 Å². The molecule has 1 rings (SSSR count). The number of hydrogen-bond acceptors (Lipinski definition) is 4. The van der Waals surface area contributed by atoms with Crippen LogP contribution in [0.5, 0.6) is 0 Å². The SMILES string of the molecule is CC(=O)NC1=NCC(O)CN1. The lowest BCUT2D eigenvalue weighted by molar-refractivity contribution is -0.117. The van der Waals surface area contributed by atoms with Gasteiger partial charge in [-0.3, -0.25) is 15.1 Å². The molecule has 0 aromatic rings. The zero-order valence-electron chi connectivity index (χ0n) is 6.29. The van der Waals surface area contributed by atoms with Crippen LogP contribution in [0.15, 0.2) is 4.99 Å². The number of carbonyl (C=O) groups is 1. The van der Waals surface area contributed by atoms with Crippen molar-refractivity contribution in [1.82, 2.24) is 10.6 Å². The molecule has 0 saturated carbocycles. The number of aliphatic hydroxyl groups is 1. The van der Waals surface area contributed by atoms with Crippen molar-refractivity contribution in [2.75, 3.05) is 13.1 Å². The number of nitrogens with one attached hydrogen (secondary N) is 2. The molecule has 3 N–H and O–H groups in total. The number of β-amino-alcohol motifs (C(OH)–C–C–N with tert-alkyl or cyclic N) is 1. The van der Waals surface area contributed by atoms with Gasteiger partial charge in [0.1, 0.15) is 0 Å². The van der Waals surface area contributed by atoms with Gasteiger partial charge < -0.3 is 10.4 Å². The summed E-state index contributed by atoms with van der Waals surface area (Å²) in [7, 11) is 0. The molecule has 0 spiro atoms. The van der Waals surface area contributed by atoms with Crippen molar-refractivity contribution >= 4 is 11.9 Å². The Balaban J connectivity index is 2.41. The zero-order chi connectivity index (χ0) is 8.27. The number of aliphatic imine (C=N–C) groups is 1. The maximum absolute atomic E-state index is 10.5. The summed E-state index contributed by atoms with van der Waals surface area (Å²) in [6.07, 6.45) is -0.437. The summed E-state index contributed by atoms with van der Waals surface area (Å²) in [5.74, 6) is 0.287. The van der Waals surface area contributed by atoms with Gasteiger partial charge in [-0.2, -0.15) is 0 Å². The Bertz CT molecular complexity index is 190. The van der Waals surface area contributed by atoms with Crippen molar-refractivity contribution in [1.29, 1.82) is 0 Å². The quantitative estimate of drug-likeness (QED) is 0.398. The minimum atomic E-state index is -0.437. The monoisotopic (exact) mass is 157 g/mol. The molecule has 1 atom stereocenters. The number of rotatable bonds is 0. The highest BCUT2D eigenvalue weighted by Crippen LogP contribution is 1.88. The molecule has 0 aliphatic carbocycles. The first-order chi connectivity index (χ1) is 5.18. The van der Waals surface area contributed by atoms with E-state index in [0.717, 1.165) is 0 Å². The highest BCUT2D eigenvalue weighted by Gasteiger charge is 2.11. The summed E-state index contributed by atoms with van der Waals surface area (Å²) >= 11 is 0. The second-order valence-corrected chi connectivity index (χ2v) is 2.41. The van der Waals surface area contributed by atoms with Crippen molar-refractivity contribution in [3.05, 3.63) is 0 Å². The largest absolute Gasteiger partial charge is 0.389 e. The van der Waals surface area contributed by atoms with Crippen molar-refractivity contribution < 1.29 is 9.90 Å². The highest BCUT2D eigenvalue weighted by molar-refractivity contribution is 5.96. The molecule has 1 aliphatic heterocycles. The molecule has 1 unspecified atom stereocenters. The van der Waals surface area contributed by atoms with E-state index >= 15 is 0 Å². The van der Waals surface area contributed by atoms with Crippen LogP contribution >= 0.6 is 0 Å². The van der Waals surface area contributed by atoms with E-state index in [1.165, 1.54) is 6.92 Å². The van der Waals surface area contributed by atoms with E-state index in [1.807, 2.05) is 0 Å². The van der Waals surface area contributed by atoms with Crippen molar-refractivity contribution in [3.8, 4) is 0 Å². The molecular formula is C6H11N3O2. The Morgan fingerprint density at radius 3 is 3.09 bits per heavy atom. The van der Waals surface area contributed by atoms with E-state index in [0.29, 0.717) is 19.0 Å². The summed E-state index contributed by atoms with van der Waals surface area (Å²) in [5, 5.41) is 14.2. The Labute approximate surface area is 64.5 Å². The molecule has 5 heteroatoms. The van der Waals surface area contributed by atoms with Crippen LogP contribution in [0.1, 0.15) is 6.92 Å². The predicted molar refractivity (Wildman–Crippen MR) is 40.1 cm³/mol. The van der Waals surface area contributed by atoms with E-state index < -0.39 is 6.10 Å². The lowest BCUT2D eigenvalue weighted by Crippen LogP contribution is -2.47. The van der Waals surface area contributed by atoms with Crippen LogP contribution in [0.3, 0.4) is 0 Å². The van der Waals surface area contributed by atoms with E-state index in [4.69, 9.17) is 5.11 Å². The van der Waals surface area contributed by atoms with Crippen molar-refractivity contribution in [2.24, 2.45) is 4.99 Å².